The molecule has 3 N–H and O–H groups in total. The molecule has 0 aliphatic heterocycles. The first kappa shape index (κ1) is 20.3. The molecular weight excluding hydrogens is 352 g/mol. The summed E-state index contributed by atoms with van der Waals surface area (Å²) in [6.07, 6.45) is 3.90. The summed E-state index contributed by atoms with van der Waals surface area (Å²) in [7, 11) is 1.96. The third-order valence-electron chi connectivity index (χ3n) is 5.80. The van der Waals surface area contributed by atoms with Gasteiger partial charge < -0.3 is 20.3 Å². The molecule has 0 spiro atoms. The number of benzene rings is 1. The average Bonchev–Trinajstić information content (AvgIpc) is 3.03. The van der Waals surface area contributed by atoms with Crippen LogP contribution in [0.1, 0.15) is 49.8 Å². The van der Waals surface area contributed by atoms with Crippen LogP contribution in [0, 0.1) is 12.3 Å². The van der Waals surface area contributed by atoms with Crippen molar-refractivity contribution < 1.29 is 5.11 Å². The number of hydrogen-bond acceptors (Lipinski definition) is 4. The van der Waals surface area contributed by atoms with Crippen molar-refractivity contribution in [3.8, 4) is 0 Å². The molecule has 7 heteroatoms. The fraction of sp³-hybridized carbons (Fsp3) is 0.571. The minimum atomic E-state index is -0.273. The summed E-state index contributed by atoms with van der Waals surface area (Å²) in [5.74, 6) is 2.46. The van der Waals surface area contributed by atoms with Crippen LogP contribution < -0.4 is 10.6 Å². The Balaban J connectivity index is 1.67. The first-order valence-electron chi connectivity index (χ1n) is 10.1. The largest absolute Gasteiger partial charge is 0.392 e. The van der Waals surface area contributed by atoms with E-state index >= 15 is 0 Å². The Morgan fingerprint density at radius 2 is 2.04 bits per heavy atom. The van der Waals surface area contributed by atoms with Gasteiger partial charge in [-0.05, 0) is 25.3 Å². The van der Waals surface area contributed by atoms with Crippen LogP contribution in [-0.2, 0) is 20.1 Å². The minimum absolute atomic E-state index is 0.130. The molecule has 152 valence electrons. The summed E-state index contributed by atoms with van der Waals surface area (Å²) in [5.41, 5.74) is 1.02. The van der Waals surface area contributed by atoms with E-state index in [0.29, 0.717) is 19.6 Å². The van der Waals surface area contributed by atoms with Crippen LogP contribution in [0.3, 0.4) is 0 Å². The molecule has 1 aromatic heterocycles. The van der Waals surface area contributed by atoms with E-state index in [1.165, 1.54) is 0 Å². The van der Waals surface area contributed by atoms with E-state index in [2.05, 4.69) is 39.9 Å². The van der Waals surface area contributed by atoms with Crippen molar-refractivity contribution in [2.24, 2.45) is 17.5 Å². The van der Waals surface area contributed by atoms with E-state index in [1.54, 1.807) is 0 Å². The number of aliphatic imine (C=N–C) groups is 1. The van der Waals surface area contributed by atoms with Crippen LogP contribution in [0.2, 0.25) is 0 Å². The fourth-order valence-electron chi connectivity index (χ4n) is 3.57. The number of aromatic nitrogens is 3. The number of aliphatic hydroxyl groups excluding tert-OH is 1. The third kappa shape index (κ3) is 5.10. The molecule has 2 unspecified atom stereocenters. The van der Waals surface area contributed by atoms with Crippen molar-refractivity contribution in [2.45, 2.75) is 58.7 Å². The van der Waals surface area contributed by atoms with Crippen molar-refractivity contribution in [2.75, 3.05) is 6.54 Å². The highest BCUT2D eigenvalue weighted by molar-refractivity contribution is 5.79. The van der Waals surface area contributed by atoms with E-state index in [4.69, 9.17) is 4.99 Å². The van der Waals surface area contributed by atoms with Gasteiger partial charge in [-0.2, -0.15) is 0 Å². The van der Waals surface area contributed by atoms with Gasteiger partial charge in [0.25, 0.3) is 0 Å². The SMILES string of the molecule is Cc1nnc(CNC(=NCc2ccccc2)NCC2(C)CCCCC2O)n1C. The number of aliphatic hydroxyl groups is 1. The second kappa shape index (κ2) is 9.19. The van der Waals surface area contributed by atoms with Crippen LogP contribution in [0.4, 0.5) is 0 Å². The summed E-state index contributed by atoms with van der Waals surface area (Å²) in [5, 5.41) is 25.6. The molecule has 7 nitrogen and oxygen atoms in total. The van der Waals surface area contributed by atoms with Gasteiger partial charge in [0.15, 0.2) is 11.8 Å². The molecule has 1 fully saturated rings. The fourth-order valence-corrected chi connectivity index (χ4v) is 3.57. The Morgan fingerprint density at radius 1 is 1.25 bits per heavy atom. The second-order valence-electron chi connectivity index (χ2n) is 8.00. The van der Waals surface area contributed by atoms with Gasteiger partial charge in [0.2, 0.25) is 0 Å². The summed E-state index contributed by atoms with van der Waals surface area (Å²) in [6.45, 7) is 5.91. The monoisotopic (exact) mass is 384 g/mol. The van der Waals surface area contributed by atoms with Crippen molar-refractivity contribution >= 4 is 5.96 Å². The molecule has 1 saturated carbocycles. The first-order chi connectivity index (χ1) is 13.5. The van der Waals surface area contributed by atoms with Crippen molar-refractivity contribution in [1.82, 2.24) is 25.4 Å². The zero-order valence-electron chi connectivity index (χ0n) is 17.1. The molecular formula is C21H32N6O. The maximum absolute atomic E-state index is 10.5. The Labute approximate surface area is 167 Å². The summed E-state index contributed by atoms with van der Waals surface area (Å²) >= 11 is 0. The number of guanidine groups is 1. The highest BCUT2D eigenvalue weighted by Crippen LogP contribution is 2.35. The molecule has 0 amide bonds. The molecule has 1 aromatic carbocycles. The topological polar surface area (TPSA) is 87.4 Å². The lowest BCUT2D eigenvalue weighted by molar-refractivity contribution is 0.00396. The normalized spacial score (nSPS) is 22.9. The molecule has 0 saturated heterocycles. The molecule has 1 aliphatic rings. The molecule has 2 atom stereocenters. The van der Waals surface area contributed by atoms with Crippen LogP contribution in [0.25, 0.3) is 0 Å². The molecule has 28 heavy (non-hydrogen) atoms. The maximum Gasteiger partial charge on any atom is 0.191 e. The molecule has 0 bridgehead atoms. The van der Waals surface area contributed by atoms with E-state index in [0.717, 1.165) is 48.9 Å². The quantitative estimate of drug-likeness (QED) is 0.525. The van der Waals surface area contributed by atoms with E-state index in [1.807, 2.05) is 36.7 Å². The molecule has 0 radical (unpaired) electrons. The second-order valence-corrected chi connectivity index (χ2v) is 8.00. The van der Waals surface area contributed by atoms with Gasteiger partial charge in [-0.25, -0.2) is 4.99 Å². The minimum Gasteiger partial charge on any atom is -0.392 e. The van der Waals surface area contributed by atoms with Crippen molar-refractivity contribution in [1.29, 1.82) is 0 Å². The predicted octanol–water partition coefficient (Wildman–Crippen LogP) is 2.30. The van der Waals surface area contributed by atoms with Gasteiger partial charge in [-0.15, -0.1) is 10.2 Å². The van der Waals surface area contributed by atoms with Gasteiger partial charge in [0.1, 0.15) is 5.82 Å². The van der Waals surface area contributed by atoms with Gasteiger partial charge >= 0.3 is 0 Å². The molecule has 1 heterocycles. The van der Waals surface area contributed by atoms with Crippen LogP contribution in [-0.4, -0.2) is 38.5 Å². The Bertz CT molecular complexity index is 787. The summed E-state index contributed by atoms with van der Waals surface area (Å²) < 4.78 is 1.97. The third-order valence-corrected chi connectivity index (χ3v) is 5.80. The van der Waals surface area contributed by atoms with Crippen LogP contribution in [0.5, 0.6) is 0 Å². The zero-order chi connectivity index (χ0) is 20.0. The lowest BCUT2D eigenvalue weighted by atomic mass is 9.73. The Morgan fingerprint density at radius 3 is 2.71 bits per heavy atom. The number of nitrogens with zero attached hydrogens (tertiary/aromatic N) is 4. The first-order valence-corrected chi connectivity index (χ1v) is 10.1. The van der Waals surface area contributed by atoms with Gasteiger partial charge in [-0.3, -0.25) is 0 Å². The number of nitrogens with one attached hydrogen (secondary N) is 2. The lowest BCUT2D eigenvalue weighted by Gasteiger charge is -2.38. The number of rotatable bonds is 6. The van der Waals surface area contributed by atoms with E-state index < -0.39 is 0 Å². The zero-order valence-corrected chi connectivity index (χ0v) is 17.1. The Hall–Kier alpha value is -2.41. The maximum atomic E-state index is 10.5. The highest BCUT2D eigenvalue weighted by atomic mass is 16.3. The molecule has 1 aliphatic carbocycles. The van der Waals surface area contributed by atoms with Crippen molar-refractivity contribution in [3.63, 3.8) is 0 Å². The summed E-state index contributed by atoms with van der Waals surface area (Å²) in [6, 6.07) is 10.2. The Kier molecular flexibility index (Phi) is 6.67. The van der Waals surface area contributed by atoms with Crippen molar-refractivity contribution in [3.05, 3.63) is 47.5 Å². The van der Waals surface area contributed by atoms with E-state index in [9.17, 15) is 5.11 Å². The van der Waals surface area contributed by atoms with Gasteiger partial charge in [0, 0.05) is 19.0 Å². The summed E-state index contributed by atoms with van der Waals surface area (Å²) in [4.78, 5) is 4.74. The van der Waals surface area contributed by atoms with E-state index in [-0.39, 0.29) is 11.5 Å². The number of hydrogen-bond donors (Lipinski definition) is 3. The standard InChI is InChI=1S/C21H32N6O/c1-16-25-26-19(27(16)3)14-23-20(22-13-17-9-5-4-6-10-17)24-15-21(2)12-8-7-11-18(21)28/h4-6,9-10,18,28H,7-8,11-15H2,1-3H3,(H2,22,23,24). The highest BCUT2D eigenvalue weighted by Gasteiger charge is 2.35. The predicted molar refractivity (Wildman–Crippen MR) is 111 cm³/mol. The van der Waals surface area contributed by atoms with Crippen LogP contribution in [0.15, 0.2) is 35.3 Å². The van der Waals surface area contributed by atoms with Crippen LogP contribution >= 0.6 is 0 Å². The van der Waals surface area contributed by atoms with Gasteiger partial charge in [-0.1, -0.05) is 50.1 Å². The molecule has 2 aromatic rings. The average molecular weight is 385 g/mol. The molecule has 3 rings (SSSR count). The lowest BCUT2D eigenvalue weighted by Crippen LogP contribution is -2.48. The number of aryl methyl sites for hydroxylation is 1. The van der Waals surface area contributed by atoms with Gasteiger partial charge in [0.05, 0.1) is 19.2 Å². The smallest absolute Gasteiger partial charge is 0.191 e.